The molecule has 4 nitrogen and oxygen atoms in total. The SMILES string of the molecule is CCc1cnc(NCC#N)nc1. The third-order valence-electron chi connectivity index (χ3n) is 1.44. The maximum atomic E-state index is 8.26. The van der Waals surface area contributed by atoms with Gasteiger partial charge in [0.15, 0.2) is 0 Å². The number of aryl methyl sites for hydroxylation is 1. The molecule has 0 aromatic carbocycles. The fraction of sp³-hybridized carbons (Fsp3) is 0.375. The molecule has 0 radical (unpaired) electrons. The zero-order chi connectivity index (χ0) is 8.81. The standard InChI is InChI=1S/C8H10N4/c1-2-7-5-11-8(12-6-7)10-4-3-9/h5-6H,2,4H2,1H3,(H,10,11,12). The summed E-state index contributed by atoms with van der Waals surface area (Å²) in [4.78, 5) is 8.03. The highest BCUT2D eigenvalue weighted by Gasteiger charge is 1.93. The van der Waals surface area contributed by atoms with E-state index in [4.69, 9.17) is 5.26 Å². The second-order valence-electron chi connectivity index (χ2n) is 2.28. The van der Waals surface area contributed by atoms with Crippen LogP contribution in [0, 0.1) is 11.3 Å². The van der Waals surface area contributed by atoms with Crippen LogP contribution in [0.3, 0.4) is 0 Å². The van der Waals surface area contributed by atoms with Gasteiger partial charge in [0.1, 0.15) is 6.54 Å². The first kappa shape index (κ1) is 8.47. The molecular weight excluding hydrogens is 152 g/mol. The molecule has 0 saturated carbocycles. The maximum Gasteiger partial charge on any atom is 0.223 e. The first-order valence-electron chi connectivity index (χ1n) is 3.78. The number of nitriles is 1. The lowest BCUT2D eigenvalue weighted by molar-refractivity contribution is 1.03. The van der Waals surface area contributed by atoms with Gasteiger partial charge in [-0.05, 0) is 12.0 Å². The van der Waals surface area contributed by atoms with E-state index >= 15 is 0 Å². The van der Waals surface area contributed by atoms with Crippen molar-refractivity contribution in [2.45, 2.75) is 13.3 Å². The van der Waals surface area contributed by atoms with Crippen molar-refractivity contribution in [3.05, 3.63) is 18.0 Å². The Morgan fingerprint density at radius 1 is 1.50 bits per heavy atom. The molecule has 0 saturated heterocycles. The summed E-state index contributed by atoms with van der Waals surface area (Å²) in [6.07, 6.45) is 4.44. The lowest BCUT2D eigenvalue weighted by Gasteiger charge is -1.99. The van der Waals surface area contributed by atoms with Crippen LogP contribution in [-0.2, 0) is 6.42 Å². The van der Waals surface area contributed by atoms with Gasteiger partial charge >= 0.3 is 0 Å². The van der Waals surface area contributed by atoms with Gasteiger partial charge in [-0.2, -0.15) is 5.26 Å². The van der Waals surface area contributed by atoms with Crippen molar-refractivity contribution in [3.63, 3.8) is 0 Å². The average molecular weight is 162 g/mol. The number of hydrogen-bond acceptors (Lipinski definition) is 4. The zero-order valence-electron chi connectivity index (χ0n) is 6.91. The highest BCUT2D eigenvalue weighted by Crippen LogP contribution is 1.99. The minimum Gasteiger partial charge on any atom is -0.341 e. The molecule has 1 aromatic rings. The van der Waals surface area contributed by atoms with Crippen LogP contribution in [0.2, 0.25) is 0 Å². The fourth-order valence-corrected chi connectivity index (χ4v) is 0.747. The van der Waals surface area contributed by atoms with Crippen molar-refractivity contribution < 1.29 is 0 Å². The van der Waals surface area contributed by atoms with Crippen LogP contribution in [-0.4, -0.2) is 16.5 Å². The van der Waals surface area contributed by atoms with Crippen LogP contribution in [0.15, 0.2) is 12.4 Å². The third-order valence-corrected chi connectivity index (χ3v) is 1.44. The zero-order valence-corrected chi connectivity index (χ0v) is 6.91. The number of hydrogen-bond donors (Lipinski definition) is 1. The summed E-state index contributed by atoms with van der Waals surface area (Å²) in [5.41, 5.74) is 1.09. The summed E-state index contributed by atoms with van der Waals surface area (Å²) in [6, 6.07) is 1.95. The molecule has 0 unspecified atom stereocenters. The molecule has 0 aliphatic heterocycles. The van der Waals surface area contributed by atoms with Crippen LogP contribution in [0.5, 0.6) is 0 Å². The molecule has 0 bridgehead atoms. The third kappa shape index (κ3) is 2.20. The smallest absolute Gasteiger partial charge is 0.223 e. The van der Waals surface area contributed by atoms with Crippen molar-refractivity contribution >= 4 is 5.95 Å². The molecule has 4 heteroatoms. The van der Waals surface area contributed by atoms with E-state index in [1.165, 1.54) is 0 Å². The molecule has 0 amide bonds. The molecule has 62 valence electrons. The fourth-order valence-electron chi connectivity index (χ4n) is 0.747. The first-order chi connectivity index (χ1) is 5.86. The molecule has 1 aromatic heterocycles. The Balaban J connectivity index is 2.60. The van der Waals surface area contributed by atoms with Crippen molar-refractivity contribution in [2.24, 2.45) is 0 Å². The predicted molar refractivity (Wildman–Crippen MR) is 45.5 cm³/mol. The van der Waals surface area contributed by atoms with Crippen LogP contribution in [0.4, 0.5) is 5.95 Å². The van der Waals surface area contributed by atoms with Gasteiger partial charge in [0, 0.05) is 12.4 Å². The van der Waals surface area contributed by atoms with E-state index in [0.29, 0.717) is 5.95 Å². The molecule has 0 aliphatic carbocycles. The minimum absolute atomic E-state index is 0.242. The van der Waals surface area contributed by atoms with Gasteiger partial charge in [-0.3, -0.25) is 0 Å². The quantitative estimate of drug-likeness (QED) is 0.673. The molecule has 0 aliphatic rings. The van der Waals surface area contributed by atoms with E-state index in [2.05, 4.69) is 15.3 Å². The molecule has 1 heterocycles. The Labute approximate surface area is 71.3 Å². The number of anilines is 1. The maximum absolute atomic E-state index is 8.26. The van der Waals surface area contributed by atoms with E-state index < -0.39 is 0 Å². The van der Waals surface area contributed by atoms with Gasteiger partial charge < -0.3 is 5.32 Å². The molecule has 1 rings (SSSR count). The van der Waals surface area contributed by atoms with Gasteiger partial charge in [0.25, 0.3) is 0 Å². The summed E-state index contributed by atoms with van der Waals surface area (Å²) in [5.74, 6) is 0.508. The second kappa shape index (κ2) is 4.29. The Morgan fingerprint density at radius 2 is 2.17 bits per heavy atom. The van der Waals surface area contributed by atoms with E-state index in [-0.39, 0.29) is 6.54 Å². The van der Waals surface area contributed by atoms with Crippen molar-refractivity contribution in [2.75, 3.05) is 11.9 Å². The highest BCUT2D eigenvalue weighted by molar-refractivity contribution is 5.25. The van der Waals surface area contributed by atoms with Crippen LogP contribution in [0.25, 0.3) is 0 Å². The molecule has 12 heavy (non-hydrogen) atoms. The Bertz CT molecular complexity index is 272. The number of nitrogens with one attached hydrogen (secondary N) is 1. The lowest BCUT2D eigenvalue weighted by Crippen LogP contribution is -2.03. The van der Waals surface area contributed by atoms with Crippen molar-refractivity contribution in [3.8, 4) is 6.07 Å². The van der Waals surface area contributed by atoms with Crippen LogP contribution < -0.4 is 5.32 Å². The second-order valence-corrected chi connectivity index (χ2v) is 2.28. The van der Waals surface area contributed by atoms with Crippen LogP contribution in [0.1, 0.15) is 12.5 Å². The normalized spacial score (nSPS) is 9.00. The van der Waals surface area contributed by atoms with E-state index in [1.807, 2.05) is 13.0 Å². The van der Waals surface area contributed by atoms with Gasteiger partial charge in [-0.1, -0.05) is 6.92 Å². The van der Waals surface area contributed by atoms with Gasteiger partial charge in [0.2, 0.25) is 5.95 Å². The number of nitrogens with zero attached hydrogens (tertiary/aromatic N) is 3. The number of aromatic nitrogens is 2. The summed E-state index contributed by atoms with van der Waals surface area (Å²) in [5, 5.41) is 11.0. The molecular formula is C8H10N4. The summed E-state index contributed by atoms with van der Waals surface area (Å²) in [6.45, 7) is 2.28. The van der Waals surface area contributed by atoms with Gasteiger partial charge in [0.05, 0.1) is 6.07 Å². The van der Waals surface area contributed by atoms with E-state index in [1.54, 1.807) is 12.4 Å². The first-order valence-corrected chi connectivity index (χ1v) is 3.78. The van der Waals surface area contributed by atoms with Gasteiger partial charge in [-0.15, -0.1) is 0 Å². The molecule has 0 fully saturated rings. The summed E-state index contributed by atoms with van der Waals surface area (Å²) in [7, 11) is 0. The number of rotatable bonds is 3. The topological polar surface area (TPSA) is 61.6 Å². The van der Waals surface area contributed by atoms with Crippen LogP contribution >= 0.6 is 0 Å². The van der Waals surface area contributed by atoms with Crippen molar-refractivity contribution in [1.29, 1.82) is 5.26 Å². The minimum atomic E-state index is 0.242. The Kier molecular flexibility index (Phi) is 3.03. The summed E-state index contributed by atoms with van der Waals surface area (Å²) < 4.78 is 0. The van der Waals surface area contributed by atoms with E-state index in [0.717, 1.165) is 12.0 Å². The predicted octanol–water partition coefficient (Wildman–Crippen LogP) is 0.974. The molecule has 0 spiro atoms. The van der Waals surface area contributed by atoms with Crippen molar-refractivity contribution in [1.82, 2.24) is 9.97 Å². The average Bonchev–Trinajstić information content (AvgIpc) is 2.15. The molecule has 0 atom stereocenters. The van der Waals surface area contributed by atoms with Gasteiger partial charge in [-0.25, -0.2) is 9.97 Å². The van der Waals surface area contributed by atoms with E-state index in [9.17, 15) is 0 Å². The largest absolute Gasteiger partial charge is 0.341 e. The lowest BCUT2D eigenvalue weighted by atomic mass is 10.3. The Morgan fingerprint density at radius 3 is 2.67 bits per heavy atom. The Hall–Kier alpha value is -1.63. The molecule has 1 N–H and O–H groups in total. The highest BCUT2D eigenvalue weighted by atomic mass is 15.1. The summed E-state index contributed by atoms with van der Waals surface area (Å²) >= 11 is 0. The monoisotopic (exact) mass is 162 g/mol.